The largest absolute Gasteiger partial charge is 0.494 e. The Morgan fingerprint density at radius 2 is 2.16 bits per heavy atom. The lowest BCUT2D eigenvalue weighted by molar-refractivity contribution is 0.100. The lowest BCUT2D eigenvalue weighted by Gasteiger charge is -2.22. The number of carbonyl (C=O) groups is 1. The van der Waals surface area contributed by atoms with Crippen molar-refractivity contribution < 1.29 is 9.53 Å². The van der Waals surface area contributed by atoms with Crippen LogP contribution in [0, 0.1) is 5.92 Å². The van der Waals surface area contributed by atoms with Gasteiger partial charge >= 0.3 is 0 Å². The van der Waals surface area contributed by atoms with E-state index in [2.05, 4.69) is 5.32 Å². The molecule has 1 atom stereocenters. The highest BCUT2D eigenvalue weighted by atomic mass is 16.5. The third-order valence-electron chi connectivity index (χ3n) is 3.56. The molecule has 0 radical (unpaired) electrons. The van der Waals surface area contributed by atoms with E-state index in [-0.39, 0.29) is 12.3 Å². The lowest BCUT2D eigenvalue weighted by Crippen LogP contribution is -2.30. The number of hydrogen-bond donors (Lipinski definition) is 2. The number of nitrogens with two attached hydrogens (primary N) is 1. The molecule has 0 saturated carbocycles. The summed E-state index contributed by atoms with van der Waals surface area (Å²) in [5, 5.41) is 3.40. The van der Waals surface area contributed by atoms with Gasteiger partial charge in [-0.25, -0.2) is 0 Å². The molecule has 4 nitrogen and oxygen atoms in total. The van der Waals surface area contributed by atoms with E-state index < -0.39 is 0 Å². The monoisotopic (exact) mass is 262 g/mol. The highest BCUT2D eigenvalue weighted by Crippen LogP contribution is 2.16. The summed E-state index contributed by atoms with van der Waals surface area (Å²) in [6.07, 6.45) is 3.64. The SMILES string of the molecule is NCC(=O)c1ccc(OCCC2CCCNC2)cc1. The number of ketones is 1. The van der Waals surface area contributed by atoms with Gasteiger partial charge in [-0.1, -0.05) is 0 Å². The molecule has 1 aliphatic rings. The maximum Gasteiger partial charge on any atom is 0.176 e. The minimum atomic E-state index is -0.0418. The molecule has 4 heteroatoms. The third-order valence-corrected chi connectivity index (χ3v) is 3.56. The standard InChI is InChI=1S/C15H22N2O2/c16-10-15(18)13-3-5-14(6-4-13)19-9-7-12-2-1-8-17-11-12/h3-6,12,17H,1-2,7-11,16H2. The van der Waals surface area contributed by atoms with Crippen LogP contribution in [0.25, 0.3) is 0 Å². The van der Waals surface area contributed by atoms with Gasteiger partial charge in [-0.05, 0) is 62.5 Å². The molecule has 1 fully saturated rings. The molecule has 0 aliphatic carbocycles. The number of nitrogens with one attached hydrogen (secondary N) is 1. The van der Waals surface area contributed by atoms with E-state index in [4.69, 9.17) is 10.5 Å². The van der Waals surface area contributed by atoms with Crippen LogP contribution in [0.1, 0.15) is 29.6 Å². The van der Waals surface area contributed by atoms with Crippen molar-refractivity contribution in [1.82, 2.24) is 5.32 Å². The molecule has 0 spiro atoms. The van der Waals surface area contributed by atoms with E-state index in [9.17, 15) is 4.79 Å². The number of ether oxygens (including phenoxy) is 1. The fourth-order valence-corrected chi connectivity index (χ4v) is 2.37. The van der Waals surface area contributed by atoms with E-state index in [0.717, 1.165) is 37.8 Å². The van der Waals surface area contributed by atoms with Crippen LogP contribution in [0.5, 0.6) is 5.75 Å². The molecule has 2 rings (SSSR count). The van der Waals surface area contributed by atoms with Gasteiger partial charge in [-0.2, -0.15) is 0 Å². The number of piperidine rings is 1. The number of carbonyl (C=O) groups excluding carboxylic acids is 1. The zero-order chi connectivity index (χ0) is 13.5. The Balaban J connectivity index is 1.75. The van der Waals surface area contributed by atoms with Crippen molar-refractivity contribution >= 4 is 5.78 Å². The second kappa shape index (κ2) is 7.26. The quantitative estimate of drug-likeness (QED) is 0.764. The van der Waals surface area contributed by atoms with Crippen molar-refractivity contribution in [2.45, 2.75) is 19.3 Å². The molecule has 1 aromatic carbocycles. The first-order chi connectivity index (χ1) is 9.29. The smallest absolute Gasteiger partial charge is 0.176 e. The summed E-state index contributed by atoms with van der Waals surface area (Å²) in [6, 6.07) is 7.21. The minimum Gasteiger partial charge on any atom is -0.494 e. The second-order valence-electron chi connectivity index (χ2n) is 5.00. The van der Waals surface area contributed by atoms with E-state index >= 15 is 0 Å². The van der Waals surface area contributed by atoms with Crippen LogP contribution < -0.4 is 15.8 Å². The molecular weight excluding hydrogens is 240 g/mol. The molecule has 0 amide bonds. The summed E-state index contributed by atoms with van der Waals surface area (Å²) in [5.41, 5.74) is 5.96. The first-order valence-corrected chi connectivity index (χ1v) is 6.96. The molecule has 1 heterocycles. The number of benzene rings is 1. The maximum absolute atomic E-state index is 11.4. The van der Waals surface area contributed by atoms with Gasteiger partial charge < -0.3 is 15.8 Å². The highest BCUT2D eigenvalue weighted by Gasteiger charge is 2.12. The van der Waals surface area contributed by atoms with Crippen LogP contribution in [-0.2, 0) is 0 Å². The second-order valence-corrected chi connectivity index (χ2v) is 5.00. The zero-order valence-corrected chi connectivity index (χ0v) is 11.2. The van der Waals surface area contributed by atoms with E-state index in [1.54, 1.807) is 12.1 Å². The van der Waals surface area contributed by atoms with Crippen molar-refractivity contribution in [3.63, 3.8) is 0 Å². The molecule has 104 valence electrons. The Kier molecular flexibility index (Phi) is 5.36. The summed E-state index contributed by atoms with van der Waals surface area (Å²) < 4.78 is 5.71. The molecule has 1 saturated heterocycles. The van der Waals surface area contributed by atoms with Gasteiger partial charge in [0.2, 0.25) is 0 Å². The Hall–Kier alpha value is -1.39. The van der Waals surface area contributed by atoms with Crippen molar-refractivity contribution in [3.8, 4) is 5.75 Å². The highest BCUT2D eigenvalue weighted by molar-refractivity contribution is 5.97. The zero-order valence-electron chi connectivity index (χ0n) is 11.2. The minimum absolute atomic E-state index is 0.0418. The molecule has 0 aromatic heterocycles. The average Bonchev–Trinajstić information content (AvgIpc) is 2.48. The van der Waals surface area contributed by atoms with Crippen LogP contribution in [0.3, 0.4) is 0 Å². The fraction of sp³-hybridized carbons (Fsp3) is 0.533. The van der Waals surface area contributed by atoms with Crippen molar-refractivity contribution in [1.29, 1.82) is 0 Å². The van der Waals surface area contributed by atoms with Crippen LogP contribution in [0.15, 0.2) is 24.3 Å². The van der Waals surface area contributed by atoms with Crippen LogP contribution >= 0.6 is 0 Å². The Bertz CT molecular complexity index is 397. The Morgan fingerprint density at radius 3 is 2.79 bits per heavy atom. The van der Waals surface area contributed by atoms with Gasteiger partial charge in [-0.3, -0.25) is 4.79 Å². The molecule has 1 aromatic rings. The third kappa shape index (κ3) is 4.33. The van der Waals surface area contributed by atoms with Gasteiger partial charge in [0.15, 0.2) is 5.78 Å². The molecule has 1 unspecified atom stereocenters. The van der Waals surface area contributed by atoms with Crippen molar-refractivity contribution in [2.75, 3.05) is 26.2 Å². The fourth-order valence-electron chi connectivity index (χ4n) is 2.37. The van der Waals surface area contributed by atoms with Gasteiger partial charge in [0.25, 0.3) is 0 Å². The Morgan fingerprint density at radius 1 is 1.37 bits per heavy atom. The van der Waals surface area contributed by atoms with Gasteiger partial charge in [-0.15, -0.1) is 0 Å². The average molecular weight is 262 g/mol. The molecule has 19 heavy (non-hydrogen) atoms. The summed E-state index contributed by atoms with van der Waals surface area (Å²) in [5.74, 6) is 1.50. The summed E-state index contributed by atoms with van der Waals surface area (Å²) in [6.45, 7) is 3.03. The number of rotatable bonds is 6. The van der Waals surface area contributed by atoms with E-state index in [0.29, 0.717) is 5.56 Å². The first kappa shape index (κ1) is 14.0. The first-order valence-electron chi connectivity index (χ1n) is 6.96. The molecular formula is C15H22N2O2. The van der Waals surface area contributed by atoms with E-state index in [1.807, 2.05) is 12.1 Å². The summed E-state index contributed by atoms with van der Waals surface area (Å²) in [7, 11) is 0. The molecule has 0 bridgehead atoms. The van der Waals surface area contributed by atoms with Gasteiger partial charge in [0, 0.05) is 5.56 Å². The summed E-state index contributed by atoms with van der Waals surface area (Å²) in [4.78, 5) is 11.4. The van der Waals surface area contributed by atoms with Crippen LogP contribution in [0.4, 0.5) is 0 Å². The maximum atomic E-state index is 11.4. The van der Waals surface area contributed by atoms with Gasteiger partial charge in [0.1, 0.15) is 5.75 Å². The van der Waals surface area contributed by atoms with Crippen molar-refractivity contribution in [2.24, 2.45) is 11.7 Å². The summed E-state index contributed by atoms with van der Waals surface area (Å²) >= 11 is 0. The topological polar surface area (TPSA) is 64.4 Å². The molecule has 3 N–H and O–H groups in total. The molecule has 1 aliphatic heterocycles. The van der Waals surface area contributed by atoms with Crippen LogP contribution in [0.2, 0.25) is 0 Å². The lowest BCUT2D eigenvalue weighted by atomic mass is 9.97. The number of hydrogen-bond acceptors (Lipinski definition) is 4. The van der Waals surface area contributed by atoms with Gasteiger partial charge in [0.05, 0.1) is 13.2 Å². The van der Waals surface area contributed by atoms with Crippen molar-refractivity contribution in [3.05, 3.63) is 29.8 Å². The predicted octanol–water partition coefficient (Wildman–Crippen LogP) is 1.60. The Labute approximate surface area is 114 Å². The van der Waals surface area contributed by atoms with E-state index in [1.165, 1.54) is 12.8 Å². The normalized spacial score (nSPS) is 19.1. The predicted molar refractivity (Wildman–Crippen MR) is 75.5 cm³/mol. The van der Waals surface area contributed by atoms with Crippen LogP contribution in [-0.4, -0.2) is 32.0 Å². The number of Topliss-reactive ketones (excluding diaryl/α,β-unsaturated/α-hetero) is 1.